The highest BCUT2D eigenvalue weighted by atomic mass is 35.5. The molecular weight excluding hydrogens is 275 g/mol. The van der Waals surface area contributed by atoms with Gasteiger partial charge in [-0.2, -0.15) is 0 Å². The van der Waals surface area contributed by atoms with Gasteiger partial charge in [0.15, 0.2) is 5.78 Å². The summed E-state index contributed by atoms with van der Waals surface area (Å²) in [6.45, 7) is 2.08. The van der Waals surface area contributed by atoms with E-state index in [1.165, 1.54) is 16.9 Å². The molecule has 0 aliphatic heterocycles. The number of carbonyl (C=O) groups excluding carboxylic acids is 1. The fraction of sp³-hybridized carbons (Fsp3) is 0.154. The van der Waals surface area contributed by atoms with Crippen LogP contribution in [0.2, 0.25) is 8.67 Å². The Morgan fingerprint density at radius 3 is 2.35 bits per heavy atom. The quantitative estimate of drug-likeness (QED) is 0.737. The van der Waals surface area contributed by atoms with Crippen molar-refractivity contribution in [2.45, 2.75) is 13.3 Å². The molecule has 1 aromatic carbocycles. The Hall–Kier alpha value is -0.830. The number of hydrogen-bond donors (Lipinski definition) is 0. The summed E-state index contributed by atoms with van der Waals surface area (Å²) in [4.78, 5) is 12.1. The first-order valence-corrected chi connectivity index (χ1v) is 6.77. The minimum absolute atomic E-state index is 0.0826. The molecule has 0 amide bonds. The van der Waals surface area contributed by atoms with Crippen molar-refractivity contribution in [3.63, 3.8) is 0 Å². The second-order valence-corrected chi connectivity index (χ2v) is 5.90. The summed E-state index contributed by atoms with van der Waals surface area (Å²) < 4.78 is 0.975. The zero-order valence-corrected chi connectivity index (χ0v) is 11.5. The van der Waals surface area contributed by atoms with E-state index in [4.69, 9.17) is 23.2 Å². The van der Waals surface area contributed by atoms with Gasteiger partial charge in [-0.3, -0.25) is 4.79 Å². The van der Waals surface area contributed by atoms with Crippen LogP contribution in [0.5, 0.6) is 0 Å². The Morgan fingerprint density at radius 1 is 1.24 bits per heavy atom. The predicted molar refractivity (Wildman–Crippen MR) is 73.6 cm³/mol. The number of halogens is 2. The minimum Gasteiger partial charge on any atom is -0.289 e. The summed E-state index contributed by atoms with van der Waals surface area (Å²) in [5, 5.41) is 0. The average molecular weight is 285 g/mol. The summed E-state index contributed by atoms with van der Waals surface area (Å²) in [6, 6.07) is 9.17. The maximum atomic E-state index is 12.1. The van der Waals surface area contributed by atoms with Gasteiger partial charge in [0, 0.05) is 5.56 Å². The summed E-state index contributed by atoms with van der Waals surface area (Å²) in [5.41, 5.74) is 2.32. The fourth-order valence-electron chi connectivity index (χ4n) is 1.54. The van der Waals surface area contributed by atoms with E-state index in [2.05, 4.69) is 6.92 Å². The molecule has 17 heavy (non-hydrogen) atoms. The molecule has 1 nitrogen and oxygen atoms in total. The highest BCUT2D eigenvalue weighted by molar-refractivity contribution is 7.20. The van der Waals surface area contributed by atoms with Gasteiger partial charge in [0.25, 0.3) is 0 Å². The van der Waals surface area contributed by atoms with Crippen molar-refractivity contribution in [1.82, 2.24) is 0 Å². The van der Waals surface area contributed by atoms with Gasteiger partial charge >= 0.3 is 0 Å². The topological polar surface area (TPSA) is 17.1 Å². The molecule has 0 radical (unpaired) electrons. The molecule has 0 spiro atoms. The largest absolute Gasteiger partial charge is 0.289 e. The lowest BCUT2D eigenvalue weighted by atomic mass is 10.0. The Labute approximate surface area is 114 Å². The molecule has 0 N–H and O–H groups in total. The first kappa shape index (κ1) is 12.6. The van der Waals surface area contributed by atoms with Crippen LogP contribution in [0, 0.1) is 0 Å². The van der Waals surface area contributed by atoms with E-state index in [9.17, 15) is 4.79 Å². The van der Waals surface area contributed by atoms with Gasteiger partial charge in [0.1, 0.15) is 4.34 Å². The molecule has 0 fully saturated rings. The van der Waals surface area contributed by atoms with Crippen LogP contribution in [-0.4, -0.2) is 5.78 Å². The zero-order valence-electron chi connectivity index (χ0n) is 9.17. The predicted octanol–water partition coefficient (Wildman–Crippen LogP) is 4.85. The number of ketones is 1. The van der Waals surface area contributed by atoms with Crippen LogP contribution in [0.1, 0.15) is 28.4 Å². The fourth-order valence-corrected chi connectivity index (χ4v) is 3.00. The first-order chi connectivity index (χ1) is 8.11. The molecule has 88 valence electrons. The third-order valence-corrected chi connectivity index (χ3v) is 4.01. The first-order valence-electron chi connectivity index (χ1n) is 5.20. The van der Waals surface area contributed by atoms with Crippen molar-refractivity contribution >= 4 is 40.3 Å². The number of rotatable bonds is 3. The molecule has 0 aliphatic rings. The van der Waals surface area contributed by atoms with Gasteiger partial charge in [-0.05, 0) is 18.1 Å². The number of aryl methyl sites for hydroxylation is 1. The molecule has 0 bridgehead atoms. The van der Waals surface area contributed by atoms with E-state index in [0.717, 1.165) is 6.42 Å². The molecule has 1 aromatic heterocycles. The van der Waals surface area contributed by atoms with Gasteiger partial charge < -0.3 is 0 Å². The molecule has 1 heterocycles. The molecular formula is C13H10Cl2OS. The Kier molecular flexibility index (Phi) is 3.87. The third kappa shape index (κ3) is 2.71. The third-order valence-electron chi connectivity index (χ3n) is 2.53. The van der Waals surface area contributed by atoms with Crippen LogP contribution in [-0.2, 0) is 6.42 Å². The van der Waals surface area contributed by atoms with Crippen LogP contribution in [0.15, 0.2) is 30.3 Å². The Morgan fingerprint density at radius 2 is 1.88 bits per heavy atom. The van der Waals surface area contributed by atoms with Crippen LogP contribution >= 0.6 is 34.5 Å². The summed E-state index contributed by atoms with van der Waals surface area (Å²) in [6.07, 6.45) is 0.958. The number of thiophene rings is 1. The SMILES string of the molecule is CCc1ccc(C(=O)c2cc(Cl)sc2Cl)cc1. The van der Waals surface area contributed by atoms with Gasteiger partial charge in [-0.15, -0.1) is 11.3 Å². The van der Waals surface area contributed by atoms with E-state index in [1.54, 1.807) is 6.07 Å². The maximum absolute atomic E-state index is 12.1. The molecule has 0 unspecified atom stereocenters. The monoisotopic (exact) mass is 284 g/mol. The van der Waals surface area contributed by atoms with Crippen LogP contribution in [0.25, 0.3) is 0 Å². The Bertz CT molecular complexity index is 543. The lowest BCUT2D eigenvalue weighted by molar-refractivity contribution is 0.103. The maximum Gasteiger partial charge on any atom is 0.195 e. The van der Waals surface area contributed by atoms with Crippen molar-refractivity contribution < 1.29 is 4.79 Å². The summed E-state index contributed by atoms with van der Waals surface area (Å²) in [7, 11) is 0. The molecule has 0 saturated carbocycles. The summed E-state index contributed by atoms with van der Waals surface area (Å²) in [5.74, 6) is -0.0826. The van der Waals surface area contributed by atoms with Gasteiger partial charge in [-0.25, -0.2) is 0 Å². The van der Waals surface area contributed by atoms with E-state index in [-0.39, 0.29) is 5.78 Å². The van der Waals surface area contributed by atoms with Crippen LogP contribution in [0.4, 0.5) is 0 Å². The average Bonchev–Trinajstić information content (AvgIpc) is 2.68. The van der Waals surface area contributed by atoms with Crippen LogP contribution < -0.4 is 0 Å². The molecule has 0 saturated heterocycles. The number of carbonyl (C=O) groups is 1. The zero-order chi connectivity index (χ0) is 12.4. The van der Waals surface area contributed by atoms with Crippen molar-refractivity contribution in [1.29, 1.82) is 0 Å². The van der Waals surface area contributed by atoms with Gasteiger partial charge in [0.2, 0.25) is 0 Å². The van der Waals surface area contributed by atoms with Crippen molar-refractivity contribution in [3.8, 4) is 0 Å². The normalized spacial score (nSPS) is 10.5. The lowest BCUT2D eigenvalue weighted by Crippen LogP contribution is -2.00. The van der Waals surface area contributed by atoms with Crippen molar-refractivity contribution in [2.75, 3.05) is 0 Å². The summed E-state index contributed by atoms with van der Waals surface area (Å²) >= 11 is 13.0. The minimum atomic E-state index is -0.0826. The number of benzene rings is 1. The number of hydrogen-bond acceptors (Lipinski definition) is 2. The highest BCUT2D eigenvalue weighted by Gasteiger charge is 2.15. The van der Waals surface area contributed by atoms with E-state index >= 15 is 0 Å². The molecule has 4 heteroatoms. The molecule has 2 aromatic rings. The smallest absolute Gasteiger partial charge is 0.195 e. The lowest BCUT2D eigenvalue weighted by Gasteiger charge is -2.01. The van der Waals surface area contributed by atoms with Crippen molar-refractivity contribution in [2.24, 2.45) is 0 Å². The van der Waals surface area contributed by atoms with E-state index < -0.39 is 0 Å². The standard InChI is InChI=1S/C13H10Cl2OS/c1-2-8-3-5-9(6-4-8)12(16)10-7-11(14)17-13(10)15/h3-7H,2H2,1H3. The van der Waals surface area contributed by atoms with Gasteiger partial charge in [-0.1, -0.05) is 54.4 Å². The second kappa shape index (κ2) is 5.21. The molecule has 2 rings (SSSR count). The highest BCUT2D eigenvalue weighted by Crippen LogP contribution is 2.32. The van der Waals surface area contributed by atoms with Crippen LogP contribution in [0.3, 0.4) is 0 Å². The molecule has 0 atom stereocenters. The van der Waals surface area contributed by atoms with E-state index in [1.807, 2.05) is 24.3 Å². The Balaban J connectivity index is 2.33. The van der Waals surface area contributed by atoms with Crippen molar-refractivity contribution in [3.05, 3.63) is 55.7 Å². The second-order valence-electron chi connectivity index (χ2n) is 3.62. The molecule has 0 aliphatic carbocycles. The van der Waals surface area contributed by atoms with Gasteiger partial charge in [0.05, 0.1) is 9.90 Å². The van der Waals surface area contributed by atoms with E-state index in [0.29, 0.717) is 19.8 Å².